The quantitative estimate of drug-likeness (QED) is 0.830. The second-order valence-corrected chi connectivity index (χ2v) is 7.76. The second-order valence-electron chi connectivity index (χ2n) is 7.76. The summed E-state index contributed by atoms with van der Waals surface area (Å²) in [5.74, 6) is 0. The van der Waals surface area contributed by atoms with E-state index in [2.05, 4.69) is 4.98 Å². The number of benzene rings is 1. The van der Waals surface area contributed by atoms with Gasteiger partial charge in [-0.15, -0.1) is 0 Å². The van der Waals surface area contributed by atoms with Crippen LogP contribution in [-0.2, 0) is 11.2 Å². The molecule has 1 aliphatic rings. The minimum Gasteiger partial charge on any atom is -0.443 e. The van der Waals surface area contributed by atoms with Gasteiger partial charge in [0.15, 0.2) is 0 Å². The van der Waals surface area contributed by atoms with E-state index in [4.69, 9.17) is 4.74 Å². The van der Waals surface area contributed by atoms with Gasteiger partial charge in [-0.2, -0.15) is 5.26 Å². The van der Waals surface area contributed by atoms with E-state index in [1.165, 1.54) is 0 Å². The molecule has 0 saturated heterocycles. The molecule has 0 fully saturated rings. The van der Waals surface area contributed by atoms with Gasteiger partial charge >= 0.3 is 6.09 Å². The van der Waals surface area contributed by atoms with Crippen molar-refractivity contribution in [3.8, 4) is 17.2 Å². The van der Waals surface area contributed by atoms with E-state index in [9.17, 15) is 14.9 Å². The molecule has 3 rings (SSSR count). The molecular formula is C21H23N3O3. The fraction of sp³-hybridized carbons (Fsp3) is 0.381. The van der Waals surface area contributed by atoms with Gasteiger partial charge in [-0.05, 0) is 69.9 Å². The largest absolute Gasteiger partial charge is 0.443 e. The molecule has 2 heterocycles. The van der Waals surface area contributed by atoms with Crippen LogP contribution < -0.4 is 10.5 Å². The zero-order chi connectivity index (χ0) is 19.8. The fourth-order valence-electron chi connectivity index (χ4n) is 3.30. The first-order chi connectivity index (χ1) is 12.7. The summed E-state index contributed by atoms with van der Waals surface area (Å²) in [6.45, 7) is 7.93. The van der Waals surface area contributed by atoms with E-state index in [0.717, 1.165) is 29.7 Å². The fourth-order valence-corrected chi connectivity index (χ4v) is 3.30. The molecule has 0 bridgehead atoms. The highest BCUT2D eigenvalue weighted by molar-refractivity contribution is 5.90. The van der Waals surface area contributed by atoms with Crippen LogP contribution in [0.4, 0.5) is 10.5 Å². The maximum absolute atomic E-state index is 12.5. The van der Waals surface area contributed by atoms with E-state index in [-0.39, 0.29) is 17.2 Å². The zero-order valence-electron chi connectivity index (χ0n) is 16.0. The highest BCUT2D eigenvalue weighted by Crippen LogP contribution is 2.33. The Bertz CT molecular complexity index is 993. The predicted octanol–water partition coefficient (Wildman–Crippen LogP) is 3.91. The number of nitrogens with one attached hydrogen (secondary N) is 1. The molecule has 140 valence electrons. The van der Waals surface area contributed by atoms with Crippen LogP contribution in [0.15, 0.2) is 29.1 Å². The molecule has 0 saturated carbocycles. The number of aryl methyl sites for hydroxylation is 2. The van der Waals surface area contributed by atoms with Gasteiger partial charge in [0.05, 0.1) is 5.69 Å². The summed E-state index contributed by atoms with van der Waals surface area (Å²) in [7, 11) is 0. The summed E-state index contributed by atoms with van der Waals surface area (Å²) in [6, 6.07) is 9.47. The van der Waals surface area contributed by atoms with Crippen LogP contribution >= 0.6 is 0 Å². The Morgan fingerprint density at radius 1 is 1.30 bits per heavy atom. The van der Waals surface area contributed by atoms with E-state index in [1.807, 2.05) is 45.0 Å². The number of H-pyrrole nitrogens is 1. The first-order valence-electron chi connectivity index (χ1n) is 8.97. The van der Waals surface area contributed by atoms with Gasteiger partial charge < -0.3 is 9.72 Å². The van der Waals surface area contributed by atoms with Crippen molar-refractivity contribution in [1.29, 1.82) is 5.26 Å². The van der Waals surface area contributed by atoms with Crippen LogP contribution in [-0.4, -0.2) is 23.2 Å². The normalized spacial score (nSPS) is 13.7. The zero-order valence-corrected chi connectivity index (χ0v) is 16.0. The Balaban J connectivity index is 2.03. The van der Waals surface area contributed by atoms with Crippen LogP contribution in [0.2, 0.25) is 0 Å². The van der Waals surface area contributed by atoms with Gasteiger partial charge in [0, 0.05) is 17.8 Å². The Kier molecular flexibility index (Phi) is 4.79. The van der Waals surface area contributed by atoms with E-state index >= 15 is 0 Å². The molecule has 0 spiro atoms. The highest BCUT2D eigenvalue weighted by Gasteiger charge is 2.27. The molecule has 27 heavy (non-hydrogen) atoms. The van der Waals surface area contributed by atoms with Gasteiger partial charge in [0.2, 0.25) is 0 Å². The second kappa shape index (κ2) is 6.92. The Morgan fingerprint density at radius 3 is 2.70 bits per heavy atom. The maximum Gasteiger partial charge on any atom is 0.414 e. The summed E-state index contributed by atoms with van der Waals surface area (Å²) < 4.78 is 5.52. The standard InChI is InChI=1S/C21H23N3O3/c1-13-10-16(17(12-22)19(25)23-13)14-7-8-18-15(11-14)6-5-9-24(18)20(26)27-21(2,3)4/h7-8,10-11H,5-6,9H2,1-4H3,(H,23,25). The Labute approximate surface area is 158 Å². The van der Waals surface area contributed by atoms with Crippen LogP contribution in [0.1, 0.15) is 44.0 Å². The highest BCUT2D eigenvalue weighted by atomic mass is 16.6. The lowest BCUT2D eigenvalue weighted by Gasteiger charge is -2.32. The van der Waals surface area contributed by atoms with Crippen molar-refractivity contribution in [1.82, 2.24) is 4.98 Å². The molecule has 6 nitrogen and oxygen atoms in total. The van der Waals surface area contributed by atoms with Crippen molar-refractivity contribution in [3.63, 3.8) is 0 Å². The third-order valence-electron chi connectivity index (χ3n) is 4.40. The van der Waals surface area contributed by atoms with Gasteiger partial charge in [0.25, 0.3) is 5.56 Å². The number of hydrogen-bond acceptors (Lipinski definition) is 4. The number of anilines is 1. The predicted molar refractivity (Wildman–Crippen MR) is 104 cm³/mol. The van der Waals surface area contributed by atoms with Crippen LogP contribution in [0.5, 0.6) is 0 Å². The third-order valence-corrected chi connectivity index (χ3v) is 4.40. The lowest BCUT2D eigenvalue weighted by atomic mass is 9.94. The third kappa shape index (κ3) is 3.87. The minimum absolute atomic E-state index is 0.0976. The SMILES string of the molecule is Cc1cc(-c2ccc3c(c2)CCCN3C(=O)OC(C)(C)C)c(C#N)c(=O)[nH]1. The summed E-state index contributed by atoms with van der Waals surface area (Å²) in [5.41, 5.74) is 3.08. The number of pyridine rings is 1. The molecular weight excluding hydrogens is 342 g/mol. The number of aromatic amines is 1. The first kappa shape index (κ1) is 18.7. The number of nitriles is 1. The minimum atomic E-state index is -0.557. The van der Waals surface area contributed by atoms with E-state index in [1.54, 1.807) is 17.9 Å². The smallest absolute Gasteiger partial charge is 0.414 e. The molecule has 6 heteroatoms. The summed E-state index contributed by atoms with van der Waals surface area (Å²) in [5, 5.41) is 9.37. The molecule has 0 radical (unpaired) electrons. The number of rotatable bonds is 1. The lowest BCUT2D eigenvalue weighted by Crippen LogP contribution is -2.39. The van der Waals surface area contributed by atoms with E-state index < -0.39 is 5.60 Å². The molecule has 1 N–H and O–H groups in total. The van der Waals surface area contributed by atoms with Crippen molar-refractivity contribution in [3.05, 3.63) is 51.4 Å². The molecule has 1 aromatic heterocycles. The van der Waals surface area contributed by atoms with Crippen molar-refractivity contribution in [2.24, 2.45) is 0 Å². The number of fused-ring (bicyclic) bond motifs is 1. The Morgan fingerprint density at radius 2 is 2.04 bits per heavy atom. The summed E-state index contributed by atoms with van der Waals surface area (Å²) >= 11 is 0. The summed E-state index contributed by atoms with van der Waals surface area (Å²) in [6.07, 6.45) is 1.29. The number of nitrogens with zero attached hydrogens (tertiary/aromatic N) is 2. The molecule has 1 aromatic carbocycles. The molecule has 0 unspecified atom stereocenters. The molecule has 0 aliphatic carbocycles. The molecule has 0 atom stereocenters. The summed E-state index contributed by atoms with van der Waals surface area (Å²) in [4.78, 5) is 28.9. The Hall–Kier alpha value is -3.07. The van der Waals surface area contributed by atoms with Crippen LogP contribution in [0.25, 0.3) is 11.1 Å². The topological polar surface area (TPSA) is 86.2 Å². The molecule has 1 amide bonds. The number of carbonyl (C=O) groups excluding carboxylic acids is 1. The van der Waals surface area contributed by atoms with Gasteiger partial charge in [0.1, 0.15) is 17.2 Å². The van der Waals surface area contributed by atoms with Crippen molar-refractivity contribution in [2.45, 2.75) is 46.1 Å². The molecule has 1 aliphatic heterocycles. The first-order valence-corrected chi connectivity index (χ1v) is 8.97. The van der Waals surface area contributed by atoms with Gasteiger partial charge in [-0.3, -0.25) is 9.69 Å². The lowest BCUT2D eigenvalue weighted by molar-refractivity contribution is 0.0578. The molecule has 2 aromatic rings. The van der Waals surface area contributed by atoms with Crippen LogP contribution in [0, 0.1) is 18.3 Å². The number of amides is 1. The average molecular weight is 365 g/mol. The number of ether oxygens (including phenoxy) is 1. The number of hydrogen-bond donors (Lipinski definition) is 1. The number of aromatic nitrogens is 1. The van der Waals surface area contributed by atoms with Crippen molar-refractivity contribution >= 4 is 11.8 Å². The van der Waals surface area contributed by atoms with Crippen molar-refractivity contribution < 1.29 is 9.53 Å². The monoisotopic (exact) mass is 365 g/mol. The van der Waals surface area contributed by atoms with Crippen molar-refractivity contribution in [2.75, 3.05) is 11.4 Å². The van der Waals surface area contributed by atoms with E-state index in [0.29, 0.717) is 17.8 Å². The van der Waals surface area contributed by atoms with Gasteiger partial charge in [-0.25, -0.2) is 4.79 Å². The maximum atomic E-state index is 12.5. The van der Waals surface area contributed by atoms with Crippen LogP contribution in [0.3, 0.4) is 0 Å². The number of carbonyl (C=O) groups is 1. The average Bonchev–Trinajstić information content (AvgIpc) is 2.58. The van der Waals surface area contributed by atoms with Gasteiger partial charge in [-0.1, -0.05) is 6.07 Å².